The van der Waals surface area contributed by atoms with Crippen molar-refractivity contribution in [3.8, 4) is 0 Å². The Balaban J connectivity index is -0.000000149. The molecule has 0 saturated heterocycles. The van der Waals surface area contributed by atoms with E-state index in [1.165, 1.54) is 5.56 Å². The van der Waals surface area contributed by atoms with Crippen LogP contribution in [-0.4, -0.2) is 17.7 Å². The Hall–Kier alpha value is -0.570. The van der Waals surface area contributed by atoms with Crippen molar-refractivity contribution in [3.63, 3.8) is 0 Å². The second kappa shape index (κ2) is 12.1. The van der Waals surface area contributed by atoms with Crippen LogP contribution in [0.1, 0.15) is 5.56 Å². The third-order valence-electron chi connectivity index (χ3n) is 0.940. The van der Waals surface area contributed by atoms with Gasteiger partial charge in [0.1, 0.15) is 0 Å². The zero-order chi connectivity index (χ0) is 7.11. The van der Waals surface area contributed by atoms with Gasteiger partial charge in [-0.1, -0.05) is 35.9 Å². The molecule has 1 rings (SSSR count). The fraction of sp³-hybridized carbons (Fsp3) is 0.250. The van der Waals surface area contributed by atoms with Crippen LogP contribution in [0.15, 0.2) is 30.3 Å². The van der Waals surface area contributed by atoms with E-state index in [1.54, 1.807) is 0 Å². The number of aryl methyl sites for hydroxylation is 1. The molecule has 1 aromatic rings. The standard InChI is InChI=1S/C7H8.CH4O.ClH.H2O/c1-7-5-3-2-4-6-7;1-2;;/h2-6H,1H3;2H,1H3;1H;1H2. The number of rotatable bonds is 0. The lowest BCUT2D eigenvalue weighted by Gasteiger charge is -1.82. The van der Waals surface area contributed by atoms with Crippen molar-refractivity contribution in [3.05, 3.63) is 35.9 Å². The average Bonchev–Trinajstić information content (AvgIpc) is 1.94. The fourth-order valence-electron chi connectivity index (χ4n) is 0.534. The van der Waals surface area contributed by atoms with Gasteiger partial charge in [-0.05, 0) is 6.92 Å². The summed E-state index contributed by atoms with van der Waals surface area (Å²) in [5, 5.41) is 7.00. The lowest BCUT2D eigenvalue weighted by molar-refractivity contribution is 0.399. The molecule has 2 nitrogen and oxygen atoms in total. The maximum absolute atomic E-state index is 7.00. The number of hydrogen-bond acceptors (Lipinski definition) is 1. The molecule has 0 aliphatic heterocycles. The fourth-order valence-corrected chi connectivity index (χ4v) is 0.534. The van der Waals surface area contributed by atoms with Crippen molar-refractivity contribution in [2.45, 2.75) is 6.92 Å². The van der Waals surface area contributed by atoms with E-state index >= 15 is 0 Å². The quantitative estimate of drug-likeness (QED) is 0.638. The molecule has 0 amide bonds. The molecule has 0 bridgehead atoms. The summed E-state index contributed by atoms with van der Waals surface area (Å²) in [6, 6.07) is 10.3. The Bertz CT molecular complexity index is 142. The van der Waals surface area contributed by atoms with Gasteiger partial charge in [-0.2, -0.15) is 0 Å². The summed E-state index contributed by atoms with van der Waals surface area (Å²) in [5.74, 6) is 0. The van der Waals surface area contributed by atoms with Gasteiger partial charge < -0.3 is 10.6 Å². The van der Waals surface area contributed by atoms with Gasteiger partial charge in [-0.3, -0.25) is 0 Å². The van der Waals surface area contributed by atoms with E-state index in [4.69, 9.17) is 5.11 Å². The van der Waals surface area contributed by atoms with Crippen molar-refractivity contribution in [1.29, 1.82) is 0 Å². The first-order valence-corrected chi connectivity index (χ1v) is 2.86. The molecule has 0 spiro atoms. The minimum Gasteiger partial charge on any atom is -0.412 e. The van der Waals surface area contributed by atoms with Crippen LogP contribution in [0.5, 0.6) is 0 Å². The van der Waals surface area contributed by atoms with Crippen molar-refractivity contribution < 1.29 is 10.6 Å². The van der Waals surface area contributed by atoms with Crippen LogP contribution in [0.2, 0.25) is 0 Å². The van der Waals surface area contributed by atoms with Crippen LogP contribution >= 0.6 is 12.4 Å². The van der Waals surface area contributed by atoms with Crippen molar-refractivity contribution in [2.24, 2.45) is 0 Å². The number of hydrogen-bond donors (Lipinski definition) is 1. The van der Waals surface area contributed by atoms with Crippen LogP contribution in [-0.2, 0) is 0 Å². The molecule has 0 aliphatic carbocycles. The van der Waals surface area contributed by atoms with Gasteiger partial charge in [-0.15, -0.1) is 12.4 Å². The molecule has 3 heteroatoms. The minimum atomic E-state index is 0. The molecule has 0 unspecified atom stereocenters. The molecule has 0 atom stereocenters. The highest BCUT2D eigenvalue weighted by molar-refractivity contribution is 5.85. The van der Waals surface area contributed by atoms with Gasteiger partial charge >= 0.3 is 0 Å². The highest BCUT2D eigenvalue weighted by Gasteiger charge is 1.72. The number of aliphatic hydroxyl groups is 1. The summed E-state index contributed by atoms with van der Waals surface area (Å²) in [6.45, 7) is 2.08. The molecule has 1 aromatic carbocycles. The molecule has 3 N–H and O–H groups in total. The second-order valence-electron chi connectivity index (χ2n) is 1.65. The van der Waals surface area contributed by atoms with E-state index in [0.29, 0.717) is 0 Å². The van der Waals surface area contributed by atoms with Gasteiger partial charge in [0.05, 0.1) is 0 Å². The lowest BCUT2D eigenvalue weighted by atomic mass is 10.2. The molecule has 0 fully saturated rings. The van der Waals surface area contributed by atoms with Crippen LogP contribution in [0.25, 0.3) is 0 Å². The monoisotopic (exact) mass is 178 g/mol. The average molecular weight is 179 g/mol. The molecular formula is C8H15ClO2. The molecule has 0 radical (unpaired) electrons. The van der Waals surface area contributed by atoms with Crippen LogP contribution < -0.4 is 0 Å². The largest absolute Gasteiger partial charge is 0.412 e. The molecule has 0 saturated carbocycles. The highest BCUT2D eigenvalue weighted by atomic mass is 35.5. The van der Waals surface area contributed by atoms with Crippen LogP contribution in [0.3, 0.4) is 0 Å². The van der Waals surface area contributed by atoms with Crippen LogP contribution in [0, 0.1) is 6.92 Å². The summed E-state index contributed by atoms with van der Waals surface area (Å²) in [4.78, 5) is 0. The molecule has 0 aromatic heterocycles. The van der Waals surface area contributed by atoms with E-state index in [0.717, 1.165) is 7.11 Å². The smallest absolute Gasteiger partial charge is 0.0319 e. The van der Waals surface area contributed by atoms with E-state index < -0.39 is 0 Å². The van der Waals surface area contributed by atoms with E-state index in [9.17, 15) is 0 Å². The molecule has 11 heavy (non-hydrogen) atoms. The summed E-state index contributed by atoms with van der Waals surface area (Å²) < 4.78 is 0. The molecule has 66 valence electrons. The Labute approximate surface area is 73.6 Å². The zero-order valence-corrected chi connectivity index (χ0v) is 7.56. The zero-order valence-electron chi connectivity index (χ0n) is 6.74. The topological polar surface area (TPSA) is 51.7 Å². The highest BCUT2D eigenvalue weighted by Crippen LogP contribution is 1.92. The number of benzene rings is 1. The SMILES string of the molecule is CO.Cc1ccccc1.Cl.O. The number of halogens is 1. The van der Waals surface area contributed by atoms with Crippen molar-refractivity contribution >= 4 is 12.4 Å². The van der Waals surface area contributed by atoms with Crippen molar-refractivity contribution in [1.82, 2.24) is 0 Å². The molecule has 0 heterocycles. The van der Waals surface area contributed by atoms with E-state index in [2.05, 4.69) is 19.1 Å². The third-order valence-corrected chi connectivity index (χ3v) is 0.940. The minimum absolute atomic E-state index is 0. The van der Waals surface area contributed by atoms with Gasteiger partial charge in [0.2, 0.25) is 0 Å². The van der Waals surface area contributed by atoms with Gasteiger partial charge in [0, 0.05) is 7.11 Å². The number of aliphatic hydroxyl groups excluding tert-OH is 1. The van der Waals surface area contributed by atoms with E-state index in [-0.39, 0.29) is 17.9 Å². The Morgan fingerprint density at radius 3 is 1.55 bits per heavy atom. The summed E-state index contributed by atoms with van der Waals surface area (Å²) in [5.41, 5.74) is 1.32. The van der Waals surface area contributed by atoms with Gasteiger partial charge in [0.25, 0.3) is 0 Å². The second-order valence-corrected chi connectivity index (χ2v) is 1.65. The maximum Gasteiger partial charge on any atom is 0.0319 e. The first kappa shape index (κ1) is 16.8. The summed E-state index contributed by atoms with van der Waals surface area (Å²) in [7, 11) is 1.00. The predicted molar refractivity (Wildman–Crippen MR) is 50.2 cm³/mol. The third kappa shape index (κ3) is 9.43. The summed E-state index contributed by atoms with van der Waals surface area (Å²) >= 11 is 0. The summed E-state index contributed by atoms with van der Waals surface area (Å²) in [6.07, 6.45) is 0. The first-order valence-electron chi connectivity index (χ1n) is 2.86. The van der Waals surface area contributed by atoms with Crippen molar-refractivity contribution in [2.75, 3.05) is 7.11 Å². The predicted octanol–water partition coefficient (Wildman–Crippen LogP) is 1.20. The maximum atomic E-state index is 7.00. The normalized spacial score (nSPS) is 6.09. The first-order chi connectivity index (χ1) is 4.39. The Morgan fingerprint density at radius 2 is 1.36 bits per heavy atom. The lowest BCUT2D eigenvalue weighted by Crippen LogP contribution is -1.62. The molecular weight excluding hydrogens is 164 g/mol. The van der Waals surface area contributed by atoms with E-state index in [1.807, 2.05) is 18.2 Å². The van der Waals surface area contributed by atoms with Gasteiger partial charge in [0.15, 0.2) is 0 Å². The molecule has 0 aliphatic rings. The Kier molecular flexibility index (Phi) is 18.5. The van der Waals surface area contributed by atoms with Gasteiger partial charge in [-0.25, -0.2) is 0 Å². The van der Waals surface area contributed by atoms with Crippen LogP contribution in [0.4, 0.5) is 0 Å². The Morgan fingerprint density at radius 1 is 1.00 bits per heavy atom.